The summed E-state index contributed by atoms with van der Waals surface area (Å²) in [5, 5.41) is 0. The Kier molecular flexibility index (Phi) is 7.37. The van der Waals surface area contributed by atoms with Gasteiger partial charge in [0.1, 0.15) is 0 Å². The van der Waals surface area contributed by atoms with E-state index in [4.69, 9.17) is 4.74 Å². The SMILES string of the molecule is COc1cc[c]([Zr+2]([C]2=CC=CC2)[CH](C)C)c2c1-c1ccccc1C2.[Cl-].[Cl-]. The second-order valence-corrected chi connectivity index (χ2v) is 14.7. The number of methoxy groups -OCH3 is 1. The van der Waals surface area contributed by atoms with E-state index in [0.717, 1.165) is 15.8 Å². The first-order valence-electron chi connectivity index (χ1n) is 8.72. The molecular weight excluding hydrogens is 442 g/mol. The molecule has 0 bridgehead atoms. The summed E-state index contributed by atoms with van der Waals surface area (Å²) in [5.41, 5.74) is 5.72. The second kappa shape index (κ2) is 8.91. The molecule has 2 aliphatic rings. The van der Waals surface area contributed by atoms with Crippen LogP contribution in [0.5, 0.6) is 5.75 Å². The van der Waals surface area contributed by atoms with Gasteiger partial charge in [-0.15, -0.1) is 0 Å². The third-order valence-electron chi connectivity index (χ3n) is 5.13. The normalized spacial score (nSPS) is 13.5. The van der Waals surface area contributed by atoms with E-state index in [1.165, 1.54) is 23.1 Å². The molecule has 0 spiro atoms. The molecule has 135 valence electrons. The van der Waals surface area contributed by atoms with Gasteiger partial charge in [0, 0.05) is 0 Å². The van der Waals surface area contributed by atoms with Gasteiger partial charge in [0.25, 0.3) is 0 Å². The number of benzene rings is 2. The molecule has 0 fully saturated rings. The van der Waals surface area contributed by atoms with E-state index in [1.807, 2.05) is 0 Å². The fourth-order valence-corrected chi connectivity index (χ4v) is 11.8. The molecule has 0 saturated carbocycles. The monoisotopic (exact) mass is 463 g/mol. The van der Waals surface area contributed by atoms with Crippen LogP contribution in [0.1, 0.15) is 31.4 Å². The summed E-state index contributed by atoms with van der Waals surface area (Å²) in [6.45, 7) is 4.85. The van der Waals surface area contributed by atoms with Crippen LogP contribution in [-0.2, 0) is 28.2 Å². The smallest absolute Gasteiger partial charge is 1.00 e. The Labute approximate surface area is 177 Å². The molecule has 4 heteroatoms. The minimum Gasteiger partial charge on any atom is -1.00 e. The van der Waals surface area contributed by atoms with Crippen LogP contribution >= 0.6 is 0 Å². The first-order valence-corrected chi connectivity index (χ1v) is 12.6. The Morgan fingerprint density at radius 3 is 2.46 bits per heavy atom. The number of hydrogen-bond donors (Lipinski definition) is 0. The van der Waals surface area contributed by atoms with Crippen molar-refractivity contribution in [2.75, 3.05) is 7.11 Å². The minimum atomic E-state index is -1.87. The molecule has 0 atom stereocenters. The Morgan fingerprint density at radius 1 is 1.04 bits per heavy atom. The third kappa shape index (κ3) is 3.61. The zero-order valence-corrected chi connectivity index (χ0v) is 19.3. The Hall–Kier alpha value is -0.817. The van der Waals surface area contributed by atoms with Crippen LogP contribution in [0.15, 0.2) is 57.9 Å². The van der Waals surface area contributed by atoms with Gasteiger partial charge in [-0.1, -0.05) is 0 Å². The third-order valence-corrected chi connectivity index (χ3v) is 13.2. The van der Waals surface area contributed by atoms with E-state index in [-0.39, 0.29) is 24.8 Å². The van der Waals surface area contributed by atoms with Gasteiger partial charge in [-0.2, -0.15) is 0 Å². The van der Waals surface area contributed by atoms with E-state index >= 15 is 0 Å². The van der Waals surface area contributed by atoms with E-state index in [9.17, 15) is 0 Å². The molecular formula is C22H23Cl2OZr. The predicted molar refractivity (Wildman–Crippen MR) is 97.8 cm³/mol. The van der Waals surface area contributed by atoms with Gasteiger partial charge < -0.3 is 24.8 Å². The van der Waals surface area contributed by atoms with Gasteiger partial charge in [0.2, 0.25) is 0 Å². The number of allylic oxidation sites excluding steroid dienone is 4. The van der Waals surface area contributed by atoms with Crippen molar-refractivity contribution in [1.29, 1.82) is 0 Å². The summed E-state index contributed by atoms with van der Waals surface area (Å²) >= 11 is -1.87. The number of halogens is 2. The molecule has 1 nitrogen and oxygen atoms in total. The van der Waals surface area contributed by atoms with Crippen molar-refractivity contribution in [3.05, 3.63) is 69.0 Å². The van der Waals surface area contributed by atoms with Crippen LogP contribution in [0.3, 0.4) is 0 Å². The molecule has 0 saturated heterocycles. The average Bonchev–Trinajstić information content (AvgIpc) is 3.22. The molecule has 0 aromatic heterocycles. The Balaban J connectivity index is 0.00000121. The number of fused-ring (bicyclic) bond motifs is 3. The summed E-state index contributed by atoms with van der Waals surface area (Å²) in [7, 11) is 1.79. The van der Waals surface area contributed by atoms with Crippen LogP contribution in [0.4, 0.5) is 0 Å². The summed E-state index contributed by atoms with van der Waals surface area (Å²) in [6, 6.07) is 13.4. The average molecular weight is 466 g/mol. The molecule has 2 aliphatic carbocycles. The molecule has 26 heavy (non-hydrogen) atoms. The van der Waals surface area contributed by atoms with Gasteiger partial charge in [-0.25, -0.2) is 0 Å². The van der Waals surface area contributed by atoms with Crippen LogP contribution in [0.2, 0.25) is 3.63 Å². The topological polar surface area (TPSA) is 9.23 Å². The minimum absolute atomic E-state index is 0. The standard InChI is InChI=1S/C14H11O.C5H5.C3H7.2ClH.Zr/c1-15-13-8-4-6-11-9-10-5-2-3-7-12(10)14(11)13;1-2-4-5-3-1;1-3-2;;;/h2-5,7-8H,9H2,1H3;1-3H,4H2;3H,1-2H3;2*1H;/q;;;;;+2/p-2. The zero-order valence-electron chi connectivity index (χ0n) is 15.4. The van der Waals surface area contributed by atoms with Crippen molar-refractivity contribution in [2.24, 2.45) is 0 Å². The van der Waals surface area contributed by atoms with Crippen LogP contribution < -0.4 is 32.8 Å². The van der Waals surface area contributed by atoms with Crippen LogP contribution in [0, 0.1) is 0 Å². The maximum absolute atomic E-state index is 5.73. The summed E-state index contributed by atoms with van der Waals surface area (Å²) in [4.78, 5) is 0. The molecule has 0 radical (unpaired) electrons. The summed E-state index contributed by atoms with van der Waals surface area (Å²) < 4.78 is 9.91. The summed E-state index contributed by atoms with van der Waals surface area (Å²) in [6.07, 6.45) is 9.19. The van der Waals surface area contributed by atoms with Crippen molar-refractivity contribution < 1.29 is 51.3 Å². The fourth-order valence-electron chi connectivity index (χ4n) is 4.14. The molecule has 0 unspecified atom stereocenters. The van der Waals surface area contributed by atoms with Gasteiger partial charge in [-0.05, 0) is 0 Å². The van der Waals surface area contributed by atoms with Gasteiger partial charge in [-0.3, -0.25) is 0 Å². The Bertz CT molecular complexity index is 855. The van der Waals surface area contributed by atoms with Gasteiger partial charge in [0.05, 0.1) is 0 Å². The van der Waals surface area contributed by atoms with Crippen molar-refractivity contribution in [2.45, 2.75) is 30.3 Å². The van der Waals surface area contributed by atoms with E-state index in [1.54, 1.807) is 19.2 Å². The second-order valence-electron chi connectivity index (χ2n) is 6.90. The van der Waals surface area contributed by atoms with Crippen molar-refractivity contribution in [1.82, 2.24) is 0 Å². The van der Waals surface area contributed by atoms with Gasteiger partial charge in [0.15, 0.2) is 0 Å². The van der Waals surface area contributed by atoms with Crippen molar-refractivity contribution in [3.8, 4) is 16.9 Å². The summed E-state index contributed by atoms with van der Waals surface area (Å²) in [5.74, 6) is 1.03. The van der Waals surface area contributed by atoms with Crippen LogP contribution in [0.25, 0.3) is 11.1 Å². The van der Waals surface area contributed by atoms with Gasteiger partial charge >= 0.3 is 153 Å². The molecule has 0 aliphatic heterocycles. The fraction of sp³-hybridized carbons (Fsp3) is 0.273. The maximum Gasteiger partial charge on any atom is -1.00 e. The van der Waals surface area contributed by atoms with E-state index < -0.39 is 21.8 Å². The molecule has 0 amide bonds. The predicted octanol–water partition coefficient (Wildman–Crippen LogP) is -0.810. The number of ether oxygens (including phenoxy) is 1. The maximum atomic E-state index is 5.73. The quantitative estimate of drug-likeness (QED) is 0.490. The number of rotatable bonds is 4. The van der Waals surface area contributed by atoms with Crippen molar-refractivity contribution in [3.63, 3.8) is 0 Å². The first-order chi connectivity index (χ1) is 11.7. The molecule has 0 heterocycles. The van der Waals surface area contributed by atoms with Crippen molar-refractivity contribution >= 4 is 3.27 Å². The largest absolute Gasteiger partial charge is 1.00 e. The first kappa shape index (κ1) is 21.5. The van der Waals surface area contributed by atoms with E-state index in [2.05, 4.69) is 68.5 Å². The van der Waals surface area contributed by atoms with E-state index in [0.29, 0.717) is 0 Å². The zero-order chi connectivity index (χ0) is 16.7. The Morgan fingerprint density at radius 2 is 1.81 bits per heavy atom. The molecule has 0 N–H and O–H groups in total. The molecule has 2 aromatic rings. The number of hydrogen-bond acceptors (Lipinski definition) is 1. The van der Waals surface area contributed by atoms with Crippen LogP contribution in [-0.4, -0.2) is 7.11 Å². The molecule has 2 aromatic carbocycles. The molecule has 4 rings (SSSR count).